The van der Waals surface area contributed by atoms with Gasteiger partial charge in [-0.2, -0.15) is 0 Å². The van der Waals surface area contributed by atoms with Crippen LogP contribution in [0.5, 0.6) is 11.5 Å². The highest BCUT2D eigenvalue weighted by Crippen LogP contribution is 2.38. The number of carbonyl (C=O) groups is 1. The fourth-order valence-corrected chi connectivity index (χ4v) is 4.02. The Bertz CT molecular complexity index is 998. The molecule has 0 spiro atoms. The number of pyridine rings is 1. The maximum absolute atomic E-state index is 13.1. The number of amides is 1. The fourth-order valence-electron chi connectivity index (χ4n) is 3.31. The van der Waals surface area contributed by atoms with E-state index in [0.29, 0.717) is 35.4 Å². The van der Waals surface area contributed by atoms with E-state index < -0.39 is 0 Å². The molecule has 0 atom stereocenters. The van der Waals surface area contributed by atoms with Crippen molar-refractivity contribution in [1.29, 1.82) is 0 Å². The van der Waals surface area contributed by atoms with Gasteiger partial charge in [-0.05, 0) is 39.7 Å². The van der Waals surface area contributed by atoms with Crippen LogP contribution >= 0.6 is 15.9 Å². The van der Waals surface area contributed by atoms with E-state index in [0.717, 1.165) is 16.9 Å². The fraction of sp³-hybridized carbons (Fsp3) is 0.200. The molecule has 3 heterocycles. The van der Waals surface area contributed by atoms with Gasteiger partial charge >= 0.3 is 0 Å². The summed E-state index contributed by atoms with van der Waals surface area (Å²) in [6.07, 6.45) is 4.92. The smallest absolute Gasteiger partial charge is 0.272 e. The van der Waals surface area contributed by atoms with E-state index in [9.17, 15) is 9.90 Å². The first-order chi connectivity index (χ1) is 13.1. The minimum Gasteiger partial charge on any atom is -0.506 e. The van der Waals surface area contributed by atoms with E-state index in [4.69, 9.17) is 4.74 Å². The second-order valence-electron chi connectivity index (χ2n) is 6.37. The first-order valence-electron chi connectivity index (χ1n) is 8.52. The lowest BCUT2D eigenvalue weighted by Gasteiger charge is -2.28. The SMILES string of the molecule is COc1ccc(CN2CCn3cc(-c4ccncc4O)c(Br)c3C2=O)cc1. The number of aromatic hydroxyl groups is 1. The molecule has 4 rings (SSSR count). The van der Waals surface area contributed by atoms with Gasteiger partial charge in [-0.3, -0.25) is 9.78 Å². The molecule has 27 heavy (non-hydrogen) atoms. The second-order valence-corrected chi connectivity index (χ2v) is 7.16. The molecule has 1 aliphatic rings. The van der Waals surface area contributed by atoms with Crippen molar-refractivity contribution in [3.63, 3.8) is 0 Å². The third kappa shape index (κ3) is 3.19. The monoisotopic (exact) mass is 427 g/mol. The first kappa shape index (κ1) is 17.6. The van der Waals surface area contributed by atoms with Gasteiger partial charge in [0, 0.05) is 43.2 Å². The quantitative estimate of drug-likeness (QED) is 0.689. The van der Waals surface area contributed by atoms with Crippen LogP contribution in [0.3, 0.4) is 0 Å². The van der Waals surface area contributed by atoms with Crippen molar-refractivity contribution in [2.45, 2.75) is 13.1 Å². The lowest BCUT2D eigenvalue weighted by atomic mass is 10.1. The van der Waals surface area contributed by atoms with E-state index in [1.807, 2.05) is 39.9 Å². The summed E-state index contributed by atoms with van der Waals surface area (Å²) in [6.45, 7) is 1.86. The van der Waals surface area contributed by atoms with E-state index >= 15 is 0 Å². The minimum atomic E-state index is -0.0382. The van der Waals surface area contributed by atoms with Crippen LogP contribution in [0.1, 0.15) is 16.1 Å². The van der Waals surface area contributed by atoms with Crippen molar-refractivity contribution in [2.75, 3.05) is 13.7 Å². The Balaban J connectivity index is 1.63. The number of carbonyl (C=O) groups excluding carboxylic acids is 1. The minimum absolute atomic E-state index is 0.0382. The molecule has 1 amide bonds. The summed E-state index contributed by atoms with van der Waals surface area (Å²) in [7, 11) is 1.63. The van der Waals surface area contributed by atoms with Crippen molar-refractivity contribution in [3.8, 4) is 22.6 Å². The topological polar surface area (TPSA) is 67.6 Å². The summed E-state index contributed by atoms with van der Waals surface area (Å²) in [5.74, 6) is 0.842. The van der Waals surface area contributed by atoms with Gasteiger partial charge in [-0.15, -0.1) is 0 Å². The first-order valence-corrected chi connectivity index (χ1v) is 9.32. The summed E-state index contributed by atoms with van der Waals surface area (Å²) >= 11 is 3.56. The van der Waals surface area contributed by atoms with Gasteiger partial charge in [0.15, 0.2) is 0 Å². The average Bonchev–Trinajstić information content (AvgIpc) is 3.02. The van der Waals surface area contributed by atoms with Crippen LogP contribution in [0.4, 0.5) is 0 Å². The lowest BCUT2D eigenvalue weighted by Crippen LogP contribution is -2.39. The van der Waals surface area contributed by atoms with Crippen LogP contribution < -0.4 is 4.74 Å². The zero-order chi connectivity index (χ0) is 19.0. The van der Waals surface area contributed by atoms with Crippen LogP contribution in [-0.4, -0.2) is 39.1 Å². The molecule has 1 N–H and O–H groups in total. The molecule has 0 unspecified atom stereocenters. The van der Waals surface area contributed by atoms with Crippen molar-refractivity contribution in [2.24, 2.45) is 0 Å². The van der Waals surface area contributed by atoms with E-state index in [-0.39, 0.29) is 11.7 Å². The Kier molecular flexibility index (Phi) is 4.61. The number of aromatic nitrogens is 2. The van der Waals surface area contributed by atoms with E-state index in [1.54, 1.807) is 19.4 Å². The zero-order valence-corrected chi connectivity index (χ0v) is 16.3. The average molecular weight is 428 g/mol. The number of methoxy groups -OCH3 is 1. The molecular formula is C20H18BrN3O3. The molecule has 0 fully saturated rings. The third-order valence-electron chi connectivity index (χ3n) is 4.74. The Morgan fingerprint density at radius 2 is 1.96 bits per heavy atom. The maximum Gasteiger partial charge on any atom is 0.272 e. The predicted octanol–water partition coefficient (Wildman–Crippen LogP) is 3.68. The number of hydrogen-bond donors (Lipinski definition) is 1. The van der Waals surface area contributed by atoms with Crippen molar-refractivity contribution in [1.82, 2.24) is 14.5 Å². The van der Waals surface area contributed by atoms with Gasteiger partial charge in [0.05, 0.1) is 17.8 Å². The molecule has 1 aliphatic heterocycles. The molecule has 0 saturated heterocycles. The zero-order valence-electron chi connectivity index (χ0n) is 14.7. The van der Waals surface area contributed by atoms with Crippen LogP contribution in [0.15, 0.2) is 53.4 Å². The number of nitrogens with zero attached hydrogens (tertiary/aromatic N) is 3. The van der Waals surface area contributed by atoms with Gasteiger partial charge in [-0.25, -0.2) is 0 Å². The lowest BCUT2D eigenvalue weighted by molar-refractivity contribution is 0.0689. The number of fused-ring (bicyclic) bond motifs is 1. The highest BCUT2D eigenvalue weighted by atomic mass is 79.9. The highest BCUT2D eigenvalue weighted by Gasteiger charge is 2.30. The number of hydrogen-bond acceptors (Lipinski definition) is 4. The second kappa shape index (κ2) is 7.08. The molecule has 6 nitrogen and oxygen atoms in total. The van der Waals surface area contributed by atoms with Crippen LogP contribution in [0, 0.1) is 0 Å². The normalized spacial score (nSPS) is 13.6. The molecule has 7 heteroatoms. The molecule has 138 valence electrons. The summed E-state index contributed by atoms with van der Waals surface area (Å²) in [6, 6.07) is 9.46. The van der Waals surface area contributed by atoms with Crippen molar-refractivity contribution >= 4 is 21.8 Å². The van der Waals surface area contributed by atoms with Crippen LogP contribution in [-0.2, 0) is 13.1 Å². The molecular weight excluding hydrogens is 410 g/mol. The molecule has 1 aromatic carbocycles. The standard InChI is InChI=1S/C20H18BrN3O3/c1-27-14-4-2-13(3-5-14)11-24-9-8-23-12-16(18(21)19(23)20(24)26)15-6-7-22-10-17(15)25/h2-7,10,12,25H,8-9,11H2,1H3. The highest BCUT2D eigenvalue weighted by molar-refractivity contribution is 9.10. The number of halogens is 1. The van der Waals surface area contributed by atoms with Crippen LogP contribution in [0.25, 0.3) is 11.1 Å². The molecule has 0 bridgehead atoms. The van der Waals surface area contributed by atoms with E-state index in [1.165, 1.54) is 6.20 Å². The van der Waals surface area contributed by atoms with Crippen molar-refractivity contribution in [3.05, 3.63) is 64.7 Å². The van der Waals surface area contributed by atoms with E-state index in [2.05, 4.69) is 20.9 Å². The molecule has 0 radical (unpaired) electrons. The maximum atomic E-state index is 13.1. The summed E-state index contributed by atoms with van der Waals surface area (Å²) < 4.78 is 7.81. The number of ether oxygens (including phenoxy) is 1. The summed E-state index contributed by atoms with van der Waals surface area (Å²) in [5, 5.41) is 10.1. The van der Waals surface area contributed by atoms with Gasteiger partial charge < -0.3 is 19.3 Å². The Morgan fingerprint density at radius 3 is 2.67 bits per heavy atom. The summed E-state index contributed by atoms with van der Waals surface area (Å²) in [5.41, 5.74) is 3.08. The molecule has 2 aromatic heterocycles. The predicted molar refractivity (Wildman–Crippen MR) is 105 cm³/mol. The Morgan fingerprint density at radius 1 is 1.19 bits per heavy atom. The van der Waals surface area contributed by atoms with Gasteiger partial charge in [0.2, 0.25) is 0 Å². The molecule has 3 aromatic rings. The van der Waals surface area contributed by atoms with Crippen LogP contribution in [0.2, 0.25) is 0 Å². The molecule has 0 saturated carbocycles. The number of benzene rings is 1. The third-order valence-corrected chi connectivity index (χ3v) is 5.54. The Hall–Kier alpha value is -2.80. The van der Waals surface area contributed by atoms with Gasteiger partial charge in [0.25, 0.3) is 5.91 Å². The summed E-state index contributed by atoms with van der Waals surface area (Å²) in [4.78, 5) is 18.8. The van der Waals surface area contributed by atoms with Gasteiger partial charge in [0.1, 0.15) is 17.2 Å². The largest absolute Gasteiger partial charge is 0.506 e. The van der Waals surface area contributed by atoms with Crippen molar-refractivity contribution < 1.29 is 14.6 Å². The molecule has 0 aliphatic carbocycles. The van der Waals surface area contributed by atoms with Gasteiger partial charge in [-0.1, -0.05) is 12.1 Å². The number of rotatable bonds is 4. The Labute approximate surface area is 165 Å².